The molecule has 1 N–H and O–H groups in total. The number of benzene rings is 1. The zero-order chi connectivity index (χ0) is 21.8. The maximum atomic E-state index is 12.6. The van der Waals surface area contributed by atoms with Crippen molar-refractivity contribution in [2.45, 2.75) is 44.6 Å². The number of hydrogen-bond acceptors (Lipinski definition) is 4. The minimum Gasteiger partial charge on any atom is -0.351 e. The van der Waals surface area contributed by atoms with E-state index in [9.17, 15) is 4.79 Å². The summed E-state index contributed by atoms with van der Waals surface area (Å²) in [4.78, 5) is 18.7. The van der Waals surface area contributed by atoms with Crippen LogP contribution in [0.3, 0.4) is 0 Å². The minimum atomic E-state index is 0.0415. The van der Waals surface area contributed by atoms with Crippen LogP contribution in [-0.4, -0.2) is 65.6 Å². The Morgan fingerprint density at radius 1 is 0.969 bits per heavy atom. The van der Waals surface area contributed by atoms with Crippen LogP contribution in [0.5, 0.6) is 0 Å². The summed E-state index contributed by atoms with van der Waals surface area (Å²) >= 11 is 1.55. The number of para-hydroxylation sites is 1. The van der Waals surface area contributed by atoms with E-state index in [0.717, 1.165) is 35.4 Å². The van der Waals surface area contributed by atoms with Gasteiger partial charge in [0.15, 0.2) is 0 Å². The summed E-state index contributed by atoms with van der Waals surface area (Å²) in [5, 5.41) is 5.41. The van der Waals surface area contributed by atoms with Gasteiger partial charge < -0.3 is 14.8 Å². The van der Waals surface area contributed by atoms with Gasteiger partial charge in [-0.05, 0) is 55.5 Å². The van der Waals surface area contributed by atoms with Gasteiger partial charge in [0.25, 0.3) is 5.91 Å². The average Bonchev–Trinajstić information content (AvgIpc) is 3.50. The molecule has 1 aliphatic heterocycles. The molecule has 0 unspecified atom stereocenters. The Labute approximate surface area is 195 Å². The molecule has 3 aromatic rings. The van der Waals surface area contributed by atoms with Crippen molar-refractivity contribution in [2.24, 2.45) is 0 Å². The second-order valence-electron chi connectivity index (χ2n) is 9.16. The van der Waals surface area contributed by atoms with E-state index >= 15 is 0 Å². The van der Waals surface area contributed by atoms with Gasteiger partial charge in [-0.25, -0.2) is 0 Å². The van der Waals surface area contributed by atoms with Crippen LogP contribution in [0.15, 0.2) is 48.7 Å². The molecule has 0 spiro atoms. The highest BCUT2D eigenvalue weighted by Gasteiger charge is 2.24. The number of piperazine rings is 1. The van der Waals surface area contributed by atoms with E-state index < -0.39 is 0 Å². The van der Waals surface area contributed by atoms with Gasteiger partial charge in [-0.3, -0.25) is 9.69 Å². The predicted octanol–water partition coefficient (Wildman–Crippen LogP) is 4.76. The average molecular weight is 451 g/mol. The van der Waals surface area contributed by atoms with Crippen LogP contribution in [0, 0.1) is 0 Å². The highest BCUT2D eigenvalue weighted by molar-refractivity contribution is 7.16. The molecule has 5 nitrogen and oxygen atoms in total. The second-order valence-corrected chi connectivity index (χ2v) is 10.2. The van der Waals surface area contributed by atoms with Crippen LogP contribution in [0.4, 0.5) is 0 Å². The van der Waals surface area contributed by atoms with Crippen molar-refractivity contribution in [3.63, 3.8) is 0 Å². The lowest BCUT2D eigenvalue weighted by Gasteiger charge is -2.40. The normalized spacial score (nSPS) is 18.9. The molecule has 1 amide bonds. The first-order chi connectivity index (χ1) is 15.8. The van der Waals surface area contributed by atoms with E-state index in [1.165, 1.54) is 69.2 Å². The highest BCUT2D eigenvalue weighted by atomic mass is 32.1. The zero-order valence-corrected chi connectivity index (χ0v) is 19.7. The third-order valence-corrected chi connectivity index (χ3v) is 8.17. The van der Waals surface area contributed by atoms with Gasteiger partial charge in [0, 0.05) is 45.0 Å². The maximum absolute atomic E-state index is 12.6. The SMILES string of the molecule is O=C(NCCCN1CCN(C2CCCCC2)CC1)c1ccc(-n2ccc3ccccc32)s1. The first kappa shape index (κ1) is 21.7. The molecule has 0 atom stereocenters. The molecule has 2 aliphatic rings. The lowest BCUT2D eigenvalue weighted by Crippen LogP contribution is -2.51. The third kappa shape index (κ3) is 4.92. The van der Waals surface area contributed by atoms with Crippen LogP contribution in [0.25, 0.3) is 15.9 Å². The number of amides is 1. The molecule has 3 heterocycles. The maximum Gasteiger partial charge on any atom is 0.261 e. The number of nitrogens with zero attached hydrogens (tertiary/aromatic N) is 3. The highest BCUT2D eigenvalue weighted by Crippen LogP contribution is 2.26. The van der Waals surface area contributed by atoms with Crippen molar-refractivity contribution in [3.05, 3.63) is 53.5 Å². The Balaban J connectivity index is 1.05. The van der Waals surface area contributed by atoms with Gasteiger partial charge in [-0.2, -0.15) is 0 Å². The summed E-state index contributed by atoms with van der Waals surface area (Å²) in [5.74, 6) is 0.0415. The number of aromatic nitrogens is 1. The molecule has 1 saturated carbocycles. The third-order valence-electron chi connectivity index (χ3n) is 7.09. The molecule has 2 fully saturated rings. The van der Waals surface area contributed by atoms with Crippen molar-refractivity contribution in [2.75, 3.05) is 39.3 Å². The van der Waals surface area contributed by atoms with E-state index in [1.807, 2.05) is 12.1 Å². The van der Waals surface area contributed by atoms with E-state index in [-0.39, 0.29) is 5.91 Å². The molecule has 170 valence electrons. The minimum absolute atomic E-state index is 0.0415. The Hall–Kier alpha value is -2.15. The number of carbonyl (C=O) groups is 1. The van der Waals surface area contributed by atoms with Crippen LogP contribution < -0.4 is 5.32 Å². The summed E-state index contributed by atoms with van der Waals surface area (Å²) in [6, 6.07) is 15.3. The second kappa shape index (κ2) is 10.2. The van der Waals surface area contributed by atoms with Crippen LogP contribution in [0.2, 0.25) is 0 Å². The predicted molar refractivity (Wildman–Crippen MR) is 133 cm³/mol. The van der Waals surface area contributed by atoms with Crippen molar-refractivity contribution >= 4 is 28.1 Å². The molecule has 0 radical (unpaired) electrons. The summed E-state index contributed by atoms with van der Waals surface area (Å²) in [6.07, 6.45) is 10.1. The number of carbonyl (C=O) groups excluding carboxylic acids is 1. The quantitative estimate of drug-likeness (QED) is 0.528. The Bertz CT molecular complexity index is 1030. The van der Waals surface area contributed by atoms with Crippen molar-refractivity contribution in [1.82, 2.24) is 19.7 Å². The van der Waals surface area contributed by atoms with Crippen LogP contribution in [0.1, 0.15) is 48.2 Å². The first-order valence-electron chi connectivity index (χ1n) is 12.2. The van der Waals surface area contributed by atoms with Gasteiger partial charge in [0.2, 0.25) is 0 Å². The van der Waals surface area contributed by atoms with Crippen LogP contribution in [-0.2, 0) is 0 Å². The number of thiophene rings is 1. The molecular weight excluding hydrogens is 416 g/mol. The largest absolute Gasteiger partial charge is 0.351 e. The number of hydrogen-bond donors (Lipinski definition) is 1. The standard InChI is InChI=1S/C26H34N4OS/c31-26(24-11-12-25(32-24)30-16-13-21-7-4-5-10-23(21)30)27-14-6-15-28-17-19-29(20-18-28)22-8-2-1-3-9-22/h4-5,7,10-13,16,22H,1-3,6,8-9,14-15,17-20H2,(H,27,31). The number of rotatable bonds is 7. The summed E-state index contributed by atoms with van der Waals surface area (Å²) in [6.45, 7) is 6.57. The lowest BCUT2D eigenvalue weighted by atomic mass is 9.94. The Morgan fingerprint density at radius 3 is 2.62 bits per heavy atom. The molecule has 32 heavy (non-hydrogen) atoms. The molecule has 1 saturated heterocycles. The van der Waals surface area contributed by atoms with Crippen molar-refractivity contribution in [3.8, 4) is 5.00 Å². The topological polar surface area (TPSA) is 40.5 Å². The zero-order valence-electron chi connectivity index (χ0n) is 18.8. The molecule has 6 heteroatoms. The molecule has 0 bridgehead atoms. The monoisotopic (exact) mass is 450 g/mol. The fourth-order valence-electron chi connectivity index (χ4n) is 5.24. The molecular formula is C26H34N4OS. The van der Waals surface area contributed by atoms with Crippen molar-refractivity contribution < 1.29 is 4.79 Å². The summed E-state index contributed by atoms with van der Waals surface area (Å²) in [7, 11) is 0. The van der Waals surface area contributed by atoms with Gasteiger partial charge in [-0.15, -0.1) is 11.3 Å². The van der Waals surface area contributed by atoms with Gasteiger partial charge in [0.1, 0.15) is 5.00 Å². The van der Waals surface area contributed by atoms with Gasteiger partial charge in [-0.1, -0.05) is 37.5 Å². The van der Waals surface area contributed by atoms with E-state index in [2.05, 4.69) is 56.2 Å². The van der Waals surface area contributed by atoms with Gasteiger partial charge >= 0.3 is 0 Å². The smallest absolute Gasteiger partial charge is 0.261 e. The summed E-state index contributed by atoms with van der Waals surface area (Å²) in [5.41, 5.74) is 1.17. The fourth-order valence-corrected chi connectivity index (χ4v) is 6.16. The number of fused-ring (bicyclic) bond motifs is 1. The lowest BCUT2D eigenvalue weighted by molar-refractivity contribution is 0.0779. The van der Waals surface area contributed by atoms with Crippen LogP contribution >= 0.6 is 11.3 Å². The Kier molecular flexibility index (Phi) is 6.91. The molecule has 1 aromatic carbocycles. The van der Waals surface area contributed by atoms with E-state index in [0.29, 0.717) is 0 Å². The van der Waals surface area contributed by atoms with Gasteiger partial charge in [0.05, 0.1) is 10.4 Å². The first-order valence-corrected chi connectivity index (χ1v) is 13.0. The molecule has 1 aliphatic carbocycles. The van der Waals surface area contributed by atoms with E-state index in [4.69, 9.17) is 0 Å². The van der Waals surface area contributed by atoms with E-state index in [1.54, 1.807) is 11.3 Å². The fraction of sp³-hybridized carbons (Fsp3) is 0.500. The number of nitrogens with one attached hydrogen (secondary N) is 1. The summed E-state index contributed by atoms with van der Waals surface area (Å²) < 4.78 is 2.16. The molecule has 5 rings (SSSR count). The Morgan fingerprint density at radius 2 is 1.78 bits per heavy atom. The van der Waals surface area contributed by atoms with Crippen molar-refractivity contribution in [1.29, 1.82) is 0 Å². The molecule has 2 aromatic heterocycles.